The predicted molar refractivity (Wildman–Crippen MR) is 140 cm³/mol. The summed E-state index contributed by atoms with van der Waals surface area (Å²) >= 11 is 1.81. The van der Waals surface area contributed by atoms with Crippen LogP contribution in [0.1, 0.15) is 52.1 Å². The molecule has 0 saturated carbocycles. The highest BCUT2D eigenvalue weighted by Crippen LogP contribution is 2.39. The van der Waals surface area contributed by atoms with Gasteiger partial charge >= 0.3 is 0 Å². The van der Waals surface area contributed by atoms with Crippen molar-refractivity contribution < 1.29 is 0 Å². The Morgan fingerprint density at radius 3 is 2.38 bits per heavy atom. The van der Waals surface area contributed by atoms with E-state index in [1.165, 1.54) is 31.4 Å². The van der Waals surface area contributed by atoms with E-state index in [9.17, 15) is 0 Å². The van der Waals surface area contributed by atoms with Crippen LogP contribution in [0, 0.1) is 5.41 Å². The summed E-state index contributed by atoms with van der Waals surface area (Å²) in [4.78, 5) is 10.0. The number of rotatable bonds is 2. The van der Waals surface area contributed by atoms with Crippen LogP contribution in [0.15, 0.2) is 60.8 Å². The molecule has 2 nitrogen and oxygen atoms in total. The van der Waals surface area contributed by atoms with E-state index in [2.05, 4.69) is 96.1 Å². The molecule has 0 aliphatic heterocycles. The van der Waals surface area contributed by atoms with Crippen molar-refractivity contribution in [2.45, 2.75) is 53.4 Å². The summed E-state index contributed by atoms with van der Waals surface area (Å²) in [5.41, 5.74) is 4.87. The van der Waals surface area contributed by atoms with Gasteiger partial charge < -0.3 is 0 Å². The smallest absolute Gasteiger partial charge is 0.0944 e. The highest BCUT2D eigenvalue weighted by atomic mass is 32.1. The Morgan fingerprint density at radius 1 is 0.844 bits per heavy atom. The van der Waals surface area contributed by atoms with Crippen LogP contribution in [0.3, 0.4) is 0 Å². The first kappa shape index (κ1) is 21.1. The van der Waals surface area contributed by atoms with E-state index in [1.54, 1.807) is 0 Å². The Labute approximate surface area is 194 Å². The molecule has 2 heterocycles. The van der Waals surface area contributed by atoms with E-state index in [-0.39, 0.29) is 10.8 Å². The Bertz CT molecular complexity index is 1460. The number of hydrogen-bond donors (Lipinski definition) is 0. The van der Waals surface area contributed by atoms with Crippen LogP contribution < -0.4 is 0 Å². The van der Waals surface area contributed by atoms with Gasteiger partial charge in [0.05, 0.1) is 20.9 Å². The maximum absolute atomic E-state index is 5.12. The lowest BCUT2D eigenvalue weighted by molar-refractivity contribution is 0.411. The number of nitrogens with zero attached hydrogens (tertiary/aromatic N) is 2. The molecule has 5 rings (SSSR count). The first-order chi connectivity index (χ1) is 15.1. The Hall–Kier alpha value is -2.78. The number of fused-ring (bicyclic) bond motifs is 4. The minimum absolute atomic E-state index is 0.0377. The molecule has 0 saturated heterocycles. The first-order valence-electron chi connectivity index (χ1n) is 11.3. The van der Waals surface area contributed by atoms with Crippen molar-refractivity contribution in [1.82, 2.24) is 9.97 Å². The molecule has 0 spiro atoms. The molecule has 162 valence electrons. The molecule has 0 unspecified atom stereocenters. The van der Waals surface area contributed by atoms with Crippen molar-refractivity contribution in [3.63, 3.8) is 0 Å². The van der Waals surface area contributed by atoms with Crippen molar-refractivity contribution >= 4 is 43.1 Å². The summed E-state index contributed by atoms with van der Waals surface area (Å²) in [5, 5.41) is 6.13. The fraction of sp³-hybridized carbons (Fsp3) is 0.310. The predicted octanol–water partition coefficient (Wildman–Crippen LogP) is 8.55. The van der Waals surface area contributed by atoms with Gasteiger partial charge in [-0.25, -0.2) is 4.98 Å². The van der Waals surface area contributed by atoms with E-state index >= 15 is 0 Å². The molecule has 0 N–H and O–H groups in total. The highest BCUT2D eigenvalue weighted by Gasteiger charge is 2.21. The second kappa shape index (κ2) is 7.38. The molecule has 0 bridgehead atoms. The topological polar surface area (TPSA) is 25.8 Å². The van der Waals surface area contributed by atoms with Crippen LogP contribution in [-0.2, 0) is 11.8 Å². The fourth-order valence-corrected chi connectivity index (χ4v) is 5.79. The maximum Gasteiger partial charge on any atom is 0.0944 e. The van der Waals surface area contributed by atoms with Gasteiger partial charge in [0, 0.05) is 23.6 Å². The number of hydrogen-bond acceptors (Lipinski definition) is 3. The van der Waals surface area contributed by atoms with Crippen molar-refractivity contribution in [2.24, 2.45) is 5.41 Å². The molecule has 0 radical (unpaired) electrons. The lowest BCUT2D eigenvalue weighted by Gasteiger charge is -2.23. The van der Waals surface area contributed by atoms with Crippen molar-refractivity contribution in [3.8, 4) is 11.3 Å². The van der Waals surface area contributed by atoms with E-state index in [0.29, 0.717) is 0 Å². The van der Waals surface area contributed by atoms with Gasteiger partial charge in [-0.2, -0.15) is 0 Å². The average Bonchev–Trinajstić information content (AvgIpc) is 3.12. The molecule has 0 fully saturated rings. The van der Waals surface area contributed by atoms with Crippen LogP contribution >= 0.6 is 11.3 Å². The standard InChI is InChI=1S/C29H30N2S/c1-28(2,3)17-24-31-27-23(32-24)12-11-18-13-14-30-26(25(18)27)20-15-19-9-7-8-10-21(19)22(16-20)29(4,5)6/h7-16H,17H2,1-6H3. The molecule has 2 aromatic heterocycles. The quantitative estimate of drug-likeness (QED) is 0.276. The number of aromatic nitrogens is 2. The van der Waals surface area contributed by atoms with Crippen LogP contribution in [0.2, 0.25) is 0 Å². The van der Waals surface area contributed by atoms with E-state index in [0.717, 1.165) is 28.6 Å². The summed E-state index contributed by atoms with van der Waals surface area (Å²) in [6.45, 7) is 13.7. The zero-order valence-corrected chi connectivity index (χ0v) is 20.6. The SMILES string of the molecule is CC(C)(C)Cc1nc2c(ccc3ccnc(-c4cc(C(C)(C)C)c5ccccc5c4)c32)s1. The monoisotopic (exact) mass is 438 g/mol. The molecule has 0 amide bonds. The van der Waals surface area contributed by atoms with Gasteiger partial charge in [0.15, 0.2) is 0 Å². The Kier molecular flexibility index (Phi) is 4.86. The highest BCUT2D eigenvalue weighted by molar-refractivity contribution is 7.18. The van der Waals surface area contributed by atoms with E-state index < -0.39 is 0 Å². The maximum atomic E-state index is 5.12. The lowest BCUT2D eigenvalue weighted by Crippen LogP contribution is -2.12. The molecule has 32 heavy (non-hydrogen) atoms. The first-order valence-corrected chi connectivity index (χ1v) is 12.1. The van der Waals surface area contributed by atoms with Crippen LogP contribution in [0.4, 0.5) is 0 Å². The Morgan fingerprint density at radius 2 is 1.62 bits per heavy atom. The number of pyridine rings is 1. The molecule has 0 aliphatic rings. The average molecular weight is 439 g/mol. The van der Waals surface area contributed by atoms with Gasteiger partial charge in [-0.15, -0.1) is 11.3 Å². The minimum atomic E-state index is 0.0377. The zero-order valence-electron chi connectivity index (χ0n) is 19.8. The van der Waals surface area contributed by atoms with Crippen LogP contribution in [0.25, 0.3) is 43.0 Å². The summed E-state index contributed by atoms with van der Waals surface area (Å²) < 4.78 is 1.24. The summed E-state index contributed by atoms with van der Waals surface area (Å²) in [7, 11) is 0. The third-order valence-electron chi connectivity index (χ3n) is 5.96. The van der Waals surface area contributed by atoms with Crippen molar-refractivity contribution in [2.75, 3.05) is 0 Å². The molecule has 5 aromatic rings. The van der Waals surface area contributed by atoms with Gasteiger partial charge in [0.1, 0.15) is 0 Å². The molecule has 3 aromatic carbocycles. The molecule has 0 aliphatic carbocycles. The van der Waals surface area contributed by atoms with Crippen LogP contribution in [0.5, 0.6) is 0 Å². The number of benzene rings is 3. The van der Waals surface area contributed by atoms with Crippen LogP contribution in [-0.4, -0.2) is 9.97 Å². The number of thiazole rings is 1. The summed E-state index contributed by atoms with van der Waals surface area (Å²) in [6, 6.07) is 19.8. The fourth-order valence-electron chi connectivity index (χ4n) is 4.52. The summed E-state index contributed by atoms with van der Waals surface area (Å²) in [5.74, 6) is 0. The third-order valence-corrected chi connectivity index (χ3v) is 6.98. The normalized spacial score (nSPS) is 12.8. The molecule has 3 heteroatoms. The molecule has 0 atom stereocenters. The van der Waals surface area contributed by atoms with Gasteiger partial charge in [-0.05, 0) is 56.8 Å². The second-order valence-corrected chi connectivity index (χ2v) is 12.1. The largest absolute Gasteiger partial charge is 0.256 e. The summed E-state index contributed by atoms with van der Waals surface area (Å²) in [6.07, 6.45) is 2.91. The third kappa shape index (κ3) is 3.80. The van der Waals surface area contributed by atoms with Gasteiger partial charge in [0.2, 0.25) is 0 Å². The Balaban J connectivity index is 1.81. The second-order valence-electron chi connectivity index (χ2n) is 11.0. The lowest BCUT2D eigenvalue weighted by atomic mass is 9.82. The minimum Gasteiger partial charge on any atom is -0.256 e. The van der Waals surface area contributed by atoms with Crippen molar-refractivity contribution in [3.05, 3.63) is 71.4 Å². The van der Waals surface area contributed by atoms with Gasteiger partial charge in [0.25, 0.3) is 0 Å². The molecular formula is C29H30N2S. The molecular weight excluding hydrogens is 408 g/mol. The van der Waals surface area contributed by atoms with E-state index in [4.69, 9.17) is 9.97 Å². The zero-order chi connectivity index (χ0) is 22.7. The van der Waals surface area contributed by atoms with E-state index in [1.807, 2.05) is 17.5 Å². The van der Waals surface area contributed by atoms with Gasteiger partial charge in [-0.1, -0.05) is 71.9 Å². The van der Waals surface area contributed by atoms with Crippen molar-refractivity contribution in [1.29, 1.82) is 0 Å². The van der Waals surface area contributed by atoms with Gasteiger partial charge in [-0.3, -0.25) is 4.98 Å².